The Morgan fingerprint density at radius 1 is 1.60 bits per heavy atom. The molecule has 0 fully saturated rings. The lowest BCUT2D eigenvalue weighted by molar-refractivity contribution is -0.160. The van der Waals surface area contributed by atoms with Crippen LogP contribution in [-0.2, 0) is 9.53 Å². The van der Waals surface area contributed by atoms with Gasteiger partial charge < -0.3 is 20.1 Å². The van der Waals surface area contributed by atoms with Crippen LogP contribution in [-0.4, -0.2) is 47.2 Å². The van der Waals surface area contributed by atoms with E-state index in [1.165, 1.54) is 0 Å². The molecule has 0 aromatic carbocycles. The van der Waals surface area contributed by atoms with Gasteiger partial charge in [-0.1, -0.05) is 0 Å². The number of carbonyl (C=O) groups is 1. The van der Waals surface area contributed by atoms with Gasteiger partial charge in [-0.15, -0.1) is 0 Å². The molecule has 0 amide bonds. The predicted octanol–water partition coefficient (Wildman–Crippen LogP) is -2.13. The Balaban J connectivity index is 3.82. The fourth-order valence-corrected chi connectivity index (χ4v) is 0.371. The second kappa shape index (κ2) is 4.35. The van der Waals surface area contributed by atoms with Gasteiger partial charge in [-0.05, 0) is 0 Å². The minimum atomic E-state index is -1.65. The van der Waals surface area contributed by atoms with Crippen molar-refractivity contribution in [2.75, 3.05) is 13.7 Å². The molecule has 5 nitrogen and oxygen atoms in total. The van der Waals surface area contributed by atoms with Crippen LogP contribution in [0.2, 0.25) is 0 Å². The quantitative estimate of drug-likeness (QED) is 0.398. The molecule has 0 saturated heterocycles. The van der Waals surface area contributed by atoms with Crippen molar-refractivity contribution >= 4 is 5.78 Å². The summed E-state index contributed by atoms with van der Waals surface area (Å²) in [6.45, 7) is -0.709. The van der Waals surface area contributed by atoms with Crippen molar-refractivity contribution in [2.45, 2.75) is 12.4 Å². The van der Waals surface area contributed by atoms with E-state index < -0.39 is 24.8 Å². The molecule has 0 bridgehead atoms. The molecule has 60 valence electrons. The van der Waals surface area contributed by atoms with Crippen molar-refractivity contribution < 1.29 is 24.9 Å². The Morgan fingerprint density at radius 3 is 2.40 bits per heavy atom. The number of methoxy groups -OCH3 is 1. The lowest BCUT2D eigenvalue weighted by atomic mass is 10.2. The van der Waals surface area contributed by atoms with E-state index in [4.69, 9.17) is 15.3 Å². The van der Waals surface area contributed by atoms with Gasteiger partial charge in [-0.3, -0.25) is 4.79 Å². The summed E-state index contributed by atoms with van der Waals surface area (Å²) < 4.78 is 4.17. The number of hydrogen-bond donors (Lipinski definition) is 3. The monoisotopic (exact) mass is 150 g/mol. The van der Waals surface area contributed by atoms with Crippen molar-refractivity contribution in [1.29, 1.82) is 0 Å². The summed E-state index contributed by atoms with van der Waals surface area (Å²) in [4.78, 5) is 10.5. The van der Waals surface area contributed by atoms with Gasteiger partial charge in [0.25, 0.3) is 0 Å². The Morgan fingerprint density at radius 2 is 2.10 bits per heavy atom. The fourth-order valence-electron chi connectivity index (χ4n) is 0.371. The van der Waals surface area contributed by atoms with Gasteiger partial charge in [0.1, 0.15) is 6.10 Å². The maximum absolute atomic E-state index is 10.5. The Labute approximate surface area is 57.9 Å². The first-order chi connectivity index (χ1) is 4.63. The van der Waals surface area contributed by atoms with E-state index in [0.29, 0.717) is 0 Å². The van der Waals surface area contributed by atoms with Crippen molar-refractivity contribution in [1.82, 2.24) is 0 Å². The molecule has 0 saturated carbocycles. The number of Topliss-reactive ketones (excluding diaryl/α,β-unsaturated/α-hetero) is 1. The molecule has 0 aliphatic rings. The Hall–Kier alpha value is -0.490. The van der Waals surface area contributed by atoms with Crippen molar-refractivity contribution in [3.63, 3.8) is 0 Å². The zero-order chi connectivity index (χ0) is 8.15. The third-order valence-electron chi connectivity index (χ3n) is 0.968. The van der Waals surface area contributed by atoms with Crippen molar-refractivity contribution in [3.8, 4) is 0 Å². The van der Waals surface area contributed by atoms with Crippen molar-refractivity contribution in [3.05, 3.63) is 0 Å². The number of aliphatic hydroxyl groups is 3. The smallest absolute Gasteiger partial charge is 0.219 e. The van der Waals surface area contributed by atoms with Gasteiger partial charge in [0.2, 0.25) is 12.1 Å². The van der Waals surface area contributed by atoms with Gasteiger partial charge in [0.05, 0.1) is 6.61 Å². The molecule has 0 aromatic rings. The van der Waals surface area contributed by atoms with Gasteiger partial charge in [0, 0.05) is 7.11 Å². The molecule has 5 heteroatoms. The van der Waals surface area contributed by atoms with E-state index in [2.05, 4.69) is 4.74 Å². The van der Waals surface area contributed by atoms with Crippen LogP contribution >= 0.6 is 0 Å². The molecule has 0 spiro atoms. The molecule has 0 heterocycles. The predicted molar refractivity (Wildman–Crippen MR) is 31.1 cm³/mol. The average Bonchev–Trinajstić information content (AvgIpc) is 2.00. The van der Waals surface area contributed by atoms with Gasteiger partial charge in [0.15, 0.2) is 0 Å². The van der Waals surface area contributed by atoms with E-state index in [-0.39, 0.29) is 0 Å². The summed E-state index contributed by atoms with van der Waals surface area (Å²) in [5.74, 6) is -0.940. The molecule has 0 aromatic heterocycles. The SMILES string of the molecule is COC(O)C(=O)C(O)CO. The third-order valence-corrected chi connectivity index (χ3v) is 0.968. The van der Waals surface area contributed by atoms with Gasteiger partial charge >= 0.3 is 0 Å². The second-order valence-electron chi connectivity index (χ2n) is 1.69. The number of carbonyl (C=O) groups excluding carboxylic acids is 1. The van der Waals surface area contributed by atoms with Crippen LogP contribution < -0.4 is 0 Å². The zero-order valence-electron chi connectivity index (χ0n) is 5.52. The molecule has 0 rings (SSSR count). The Kier molecular flexibility index (Phi) is 4.13. The van der Waals surface area contributed by atoms with Crippen LogP contribution in [0.4, 0.5) is 0 Å². The molecule has 0 aliphatic carbocycles. The lowest BCUT2D eigenvalue weighted by Gasteiger charge is -2.09. The van der Waals surface area contributed by atoms with E-state index in [0.717, 1.165) is 7.11 Å². The second-order valence-corrected chi connectivity index (χ2v) is 1.69. The largest absolute Gasteiger partial charge is 0.393 e. The highest BCUT2D eigenvalue weighted by Gasteiger charge is 2.21. The number of rotatable bonds is 4. The zero-order valence-corrected chi connectivity index (χ0v) is 5.52. The first kappa shape index (κ1) is 9.51. The van der Waals surface area contributed by atoms with Crippen LogP contribution in [0.15, 0.2) is 0 Å². The summed E-state index contributed by atoms with van der Waals surface area (Å²) in [6.07, 6.45) is -3.21. The highest BCUT2D eigenvalue weighted by molar-refractivity contribution is 5.85. The van der Waals surface area contributed by atoms with Crippen LogP contribution in [0.5, 0.6) is 0 Å². The fraction of sp³-hybridized carbons (Fsp3) is 0.800. The number of ketones is 1. The molecule has 2 atom stereocenters. The minimum absolute atomic E-state index is 0.709. The van der Waals surface area contributed by atoms with Crippen molar-refractivity contribution in [2.24, 2.45) is 0 Å². The number of aliphatic hydroxyl groups excluding tert-OH is 3. The van der Waals surface area contributed by atoms with Gasteiger partial charge in [-0.25, -0.2) is 0 Å². The van der Waals surface area contributed by atoms with Crippen LogP contribution in [0.1, 0.15) is 0 Å². The first-order valence-electron chi connectivity index (χ1n) is 2.67. The summed E-state index contributed by atoms with van der Waals surface area (Å²) in [5.41, 5.74) is 0. The molecule has 0 radical (unpaired) electrons. The maximum atomic E-state index is 10.5. The highest BCUT2D eigenvalue weighted by atomic mass is 16.6. The molecule has 0 aliphatic heterocycles. The lowest BCUT2D eigenvalue weighted by Crippen LogP contribution is -2.35. The van der Waals surface area contributed by atoms with Crippen LogP contribution in [0.3, 0.4) is 0 Å². The van der Waals surface area contributed by atoms with Crippen LogP contribution in [0, 0.1) is 0 Å². The van der Waals surface area contributed by atoms with E-state index in [1.54, 1.807) is 0 Å². The normalized spacial score (nSPS) is 16.4. The standard InChI is InChI=1S/C5H10O5/c1-10-5(9)4(8)3(7)2-6/h3,5-7,9H,2H2,1H3. The van der Waals surface area contributed by atoms with Gasteiger partial charge in [-0.2, -0.15) is 0 Å². The molecule has 3 N–H and O–H groups in total. The molecule has 10 heavy (non-hydrogen) atoms. The summed E-state index contributed by atoms with van der Waals surface area (Å²) in [5, 5.41) is 25.4. The number of hydrogen-bond acceptors (Lipinski definition) is 5. The molecule has 2 unspecified atom stereocenters. The third kappa shape index (κ3) is 2.40. The highest BCUT2D eigenvalue weighted by Crippen LogP contribution is 1.92. The minimum Gasteiger partial charge on any atom is -0.393 e. The van der Waals surface area contributed by atoms with E-state index in [1.807, 2.05) is 0 Å². The maximum Gasteiger partial charge on any atom is 0.219 e. The first-order valence-corrected chi connectivity index (χ1v) is 2.67. The van der Waals surface area contributed by atoms with Crippen LogP contribution in [0.25, 0.3) is 0 Å². The van der Waals surface area contributed by atoms with E-state index >= 15 is 0 Å². The summed E-state index contributed by atoms with van der Waals surface area (Å²) in [6, 6.07) is 0. The average molecular weight is 150 g/mol. The molecular formula is C5H10O5. The summed E-state index contributed by atoms with van der Waals surface area (Å²) in [7, 11) is 1.12. The Bertz CT molecular complexity index is 101. The van der Waals surface area contributed by atoms with E-state index in [9.17, 15) is 4.79 Å². The topological polar surface area (TPSA) is 87.0 Å². The molecular weight excluding hydrogens is 140 g/mol. The summed E-state index contributed by atoms with van der Waals surface area (Å²) >= 11 is 0. The number of ether oxygens (including phenoxy) is 1.